The van der Waals surface area contributed by atoms with Crippen molar-refractivity contribution in [2.75, 3.05) is 26.4 Å². The van der Waals surface area contributed by atoms with E-state index in [2.05, 4.69) is 31.1 Å². The second-order valence-corrected chi connectivity index (χ2v) is 6.29. The Hall–Kier alpha value is -0.490. The molecule has 1 saturated heterocycles. The number of nitrogens with zero attached hydrogens (tertiary/aromatic N) is 1. The molecule has 19 heavy (non-hydrogen) atoms. The van der Waals surface area contributed by atoms with Crippen LogP contribution in [-0.2, 0) is 15.9 Å². The number of hydrogen-bond donors (Lipinski definition) is 1. The van der Waals surface area contributed by atoms with Crippen LogP contribution in [0.25, 0.3) is 0 Å². The molecule has 0 spiro atoms. The Kier molecular flexibility index (Phi) is 5.76. The highest BCUT2D eigenvalue weighted by Crippen LogP contribution is 2.20. The normalized spacial score (nSPS) is 21.5. The average Bonchev–Trinajstić information content (AvgIpc) is 2.74. The number of hydrogen-bond acceptors (Lipinski definition) is 5. The van der Waals surface area contributed by atoms with E-state index >= 15 is 0 Å². The van der Waals surface area contributed by atoms with Gasteiger partial charge in [-0.25, -0.2) is 4.98 Å². The van der Waals surface area contributed by atoms with E-state index in [0.717, 1.165) is 25.1 Å². The molecule has 1 fully saturated rings. The van der Waals surface area contributed by atoms with Crippen LogP contribution in [0.1, 0.15) is 28.9 Å². The molecule has 4 nitrogen and oxygen atoms in total. The number of thiazole rings is 1. The third kappa shape index (κ3) is 4.24. The maximum absolute atomic E-state index is 5.84. The number of aromatic nitrogens is 1. The molecular formula is C14H24N2O2S. The van der Waals surface area contributed by atoms with Gasteiger partial charge in [-0.15, -0.1) is 11.3 Å². The van der Waals surface area contributed by atoms with Crippen molar-refractivity contribution in [2.24, 2.45) is 0 Å². The summed E-state index contributed by atoms with van der Waals surface area (Å²) >= 11 is 1.79. The van der Waals surface area contributed by atoms with Crippen LogP contribution in [0.3, 0.4) is 0 Å². The fourth-order valence-electron chi connectivity index (χ4n) is 2.22. The maximum Gasteiger partial charge on any atom is 0.0966 e. The van der Waals surface area contributed by atoms with Gasteiger partial charge in [-0.1, -0.05) is 6.92 Å². The lowest BCUT2D eigenvalue weighted by Crippen LogP contribution is -2.48. The van der Waals surface area contributed by atoms with E-state index in [-0.39, 0.29) is 6.10 Å². The van der Waals surface area contributed by atoms with E-state index in [9.17, 15) is 0 Å². The Morgan fingerprint density at radius 1 is 1.42 bits per heavy atom. The zero-order valence-electron chi connectivity index (χ0n) is 12.1. The smallest absolute Gasteiger partial charge is 0.0966 e. The second kappa shape index (κ2) is 7.33. The Morgan fingerprint density at radius 2 is 2.26 bits per heavy atom. The summed E-state index contributed by atoms with van der Waals surface area (Å²) in [5.41, 5.74) is 1.15. The molecule has 2 atom stereocenters. The minimum Gasteiger partial charge on any atom is -0.376 e. The molecule has 0 aliphatic carbocycles. The summed E-state index contributed by atoms with van der Waals surface area (Å²) in [7, 11) is 0. The molecule has 2 rings (SSSR count). The molecule has 2 heterocycles. The van der Waals surface area contributed by atoms with Gasteiger partial charge in [0.1, 0.15) is 0 Å². The fourth-order valence-corrected chi connectivity index (χ4v) is 3.21. The standard InChI is InChI=1S/C14H24N2O2S/c1-4-5-15-12(13-9-17-6-7-18-13)8-14-16-10(2)11(3)19-14/h12-13,15H,4-9H2,1-3H3. The Morgan fingerprint density at radius 3 is 2.84 bits per heavy atom. The summed E-state index contributed by atoms with van der Waals surface area (Å²) in [5.74, 6) is 0. The maximum atomic E-state index is 5.84. The van der Waals surface area contributed by atoms with Gasteiger partial charge >= 0.3 is 0 Å². The van der Waals surface area contributed by atoms with E-state index in [1.165, 1.54) is 9.88 Å². The summed E-state index contributed by atoms with van der Waals surface area (Å²) in [6.07, 6.45) is 2.19. The van der Waals surface area contributed by atoms with E-state index in [1.54, 1.807) is 11.3 Å². The van der Waals surface area contributed by atoms with Crippen LogP contribution in [0.4, 0.5) is 0 Å². The van der Waals surface area contributed by atoms with Crippen LogP contribution < -0.4 is 5.32 Å². The molecule has 0 radical (unpaired) electrons. The van der Waals surface area contributed by atoms with Crippen LogP contribution in [-0.4, -0.2) is 43.5 Å². The molecule has 0 bridgehead atoms. The zero-order chi connectivity index (χ0) is 13.7. The van der Waals surface area contributed by atoms with Crippen molar-refractivity contribution < 1.29 is 9.47 Å². The van der Waals surface area contributed by atoms with E-state index in [1.807, 2.05) is 0 Å². The van der Waals surface area contributed by atoms with Gasteiger partial charge in [0.05, 0.1) is 36.6 Å². The SMILES string of the molecule is CCCNC(Cc1nc(C)c(C)s1)C1COCCO1. The first-order valence-electron chi connectivity index (χ1n) is 7.06. The lowest BCUT2D eigenvalue weighted by Gasteiger charge is -2.30. The first-order chi connectivity index (χ1) is 9.20. The van der Waals surface area contributed by atoms with Gasteiger partial charge in [-0.05, 0) is 26.8 Å². The van der Waals surface area contributed by atoms with Crippen LogP contribution in [0.2, 0.25) is 0 Å². The predicted octanol–water partition coefficient (Wildman–Crippen LogP) is 2.09. The van der Waals surface area contributed by atoms with Gasteiger partial charge in [-0.2, -0.15) is 0 Å². The molecule has 2 unspecified atom stereocenters. The summed E-state index contributed by atoms with van der Waals surface area (Å²) in [6.45, 7) is 9.49. The summed E-state index contributed by atoms with van der Waals surface area (Å²) in [4.78, 5) is 5.95. The molecule has 1 aliphatic heterocycles. The quantitative estimate of drug-likeness (QED) is 0.868. The molecule has 108 valence electrons. The highest BCUT2D eigenvalue weighted by Gasteiger charge is 2.26. The van der Waals surface area contributed by atoms with E-state index in [4.69, 9.17) is 9.47 Å². The molecule has 1 aromatic heterocycles. The van der Waals surface area contributed by atoms with Crippen molar-refractivity contribution in [2.45, 2.75) is 45.8 Å². The van der Waals surface area contributed by atoms with E-state index in [0.29, 0.717) is 25.9 Å². The third-order valence-electron chi connectivity index (χ3n) is 3.41. The Labute approximate surface area is 119 Å². The molecule has 0 saturated carbocycles. The van der Waals surface area contributed by atoms with Crippen molar-refractivity contribution >= 4 is 11.3 Å². The third-order valence-corrected chi connectivity index (χ3v) is 4.51. The molecular weight excluding hydrogens is 260 g/mol. The summed E-state index contributed by atoms with van der Waals surface area (Å²) in [5, 5.41) is 4.77. The lowest BCUT2D eigenvalue weighted by atomic mass is 10.1. The van der Waals surface area contributed by atoms with Crippen molar-refractivity contribution in [3.8, 4) is 0 Å². The number of rotatable bonds is 6. The van der Waals surface area contributed by atoms with Crippen molar-refractivity contribution in [1.82, 2.24) is 10.3 Å². The monoisotopic (exact) mass is 284 g/mol. The molecule has 1 N–H and O–H groups in total. The highest BCUT2D eigenvalue weighted by molar-refractivity contribution is 7.11. The van der Waals surface area contributed by atoms with Gasteiger partial charge in [0, 0.05) is 17.3 Å². The minimum atomic E-state index is 0.143. The number of nitrogens with one attached hydrogen (secondary N) is 1. The highest BCUT2D eigenvalue weighted by atomic mass is 32.1. The molecule has 0 amide bonds. The topological polar surface area (TPSA) is 43.4 Å². The van der Waals surface area contributed by atoms with Gasteiger partial charge in [0.2, 0.25) is 0 Å². The first-order valence-corrected chi connectivity index (χ1v) is 7.88. The van der Waals surface area contributed by atoms with Crippen LogP contribution >= 0.6 is 11.3 Å². The van der Waals surface area contributed by atoms with Gasteiger partial charge < -0.3 is 14.8 Å². The number of ether oxygens (including phenoxy) is 2. The fraction of sp³-hybridized carbons (Fsp3) is 0.786. The zero-order valence-corrected chi connectivity index (χ0v) is 12.9. The van der Waals surface area contributed by atoms with Crippen molar-refractivity contribution in [3.63, 3.8) is 0 Å². The first kappa shape index (κ1) is 14.9. The molecule has 1 aromatic rings. The Bertz CT molecular complexity index is 369. The largest absolute Gasteiger partial charge is 0.376 e. The van der Waals surface area contributed by atoms with Gasteiger partial charge in [0.15, 0.2) is 0 Å². The Balaban J connectivity index is 1.99. The van der Waals surface area contributed by atoms with Crippen LogP contribution in [0.15, 0.2) is 0 Å². The van der Waals surface area contributed by atoms with Crippen LogP contribution in [0.5, 0.6) is 0 Å². The minimum absolute atomic E-state index is 0.143. The molecule has 1 aliphatic rings. The predicted molar refractivity (Wildman–Crippen MR) is 77.9 cm³/mol. The van der Waals surface area contributed by atoms with E-state index < -0.39 is 0 Å². The van der Waals surface area contributed by atoms with Gasteiger partial charge in [-0.3, -0.25) is 0 Å². The molecule has 5 heteroatoms. The lowest BCUT2D eigenvalue weighted by molar-refractivity contribution is -0.101. The number of aryl methyl sites for hydroxylation is 2. The van der Waals surface area contributed by atoms with Crippen molar-refractivity contribution in [1.29, 1.82) is 0 Å². The second-order valence-electron chi connectivity index (χ2n) is 5.00. The summed E-state index contributed by atoms with van der Waals surface area (Å²) < 4.78 is 11.4. The van der Waals surface area contributed by atoms with Gasteiger partial charge in [0.25, 0.3) is 0 Å². The average molecular weight is 284 g/mol. The van der Waals surface area contributed by atoms with Crippen LogP contribution in [0, 0.1) is 13.8 Å². The molecule has 0 aromatic carbocycles. The van der Waals surface area contributed by atoms with Crippen molar-refractivity contribution in [3.05, 3.63) is 15.6 Å². The summed E-state index contributed by atoms with van der Waals surface area (Å²) in [6, 6.07) is 0.296.